The van der Waals surface area contributed by atoms with Gasteiger partial charge in [-0.2, -0.15) is 0 Å². The van der Waals surface area contributed by atoms with Crippen LogP contribution in [0.3, 0.4) is 0 Å². The Kier molecular flexibility index (Phi) is 16.2. The number of rotatable bonds is 14. The molecule has 2 heteroatoms. The molecule has 0 atom stereocenters. The van der Waals surface area contributed by atoms with Gasteiger partial charge in [0.1, 0.15) is 0 Å². The smallest absolute Gasteiger partial charge is 0.305 e. The first-order valence-corrected chi connectivity index (χ1v) is 8.64. The van der Waals surface area contributed by atoms with E-state index in [2.05, 4.69) is 36.0 Å². The van der Waals surface area contributed by atoms with Crippen molar-refractivity contribution in [3.05, 3.63) is 24.3 Å². The van der Waals surface area contributed by atoms with Gasteiger partial charge in [0.15, 0.2) is 0 Å². The summed E-state index contributed by atoms with van der Waals surface area (Å²) in [5.74, 6) is -0.120. The zero-order chi connectivity index (χ0) is 15.6. The Hall–Kier alpha value is -1.05. The van der Waals surface area contributed by atoms with Crippen LogP contribution in [0, 0.1) is 0 Å². The standard InChI is InChI=1S/C19H34O2/c1-3-4-5-6-7-8-9-10-11-12-13-14-15-16-17-18-19(20)21-2/h3-4,15-16H,5-14,17-18H2,1-2H3/b4-3+,16-15+. The number of esters is 1. The van der Waals surface area contributed by atoms with E-state index in [-0.39, 0.29) is 5.97 Å². The largest absolute Gasteiger partial charge is 0.469 e. The molecule has 0 aliphatic rings. The van der Waals surface area contributed by atoms with E-state index in [1.165, 1.54) is 64.9 Å². The van der Waals surface area contributed by atoms with Gasteiger partial charge in [0.05, 0.1) is 7.11 Å². The van der Waals surface area contributed by atoms with Gasteiger partial charge < -0.3 is 4.74 Å². The van der Waals surface area contributed by atoms with Crippen LogP contribution < -0.4 is 0 Å². The molecule has 0 aliphatic heterocycles. The Bertz CT molecular complexity index is 279. The van der Waals surface area contributed by atoms with Crippen molar-refractivity contribution in [2.24, 2.45) is 0 Å². The van der Waals surface area contributed by atoms with Crippen LogP contribution in [0.15, 0.2) is 24.3 Å². The Morgan fingerprint density at radius 2 is 1.24 bits per heavy atom. The lowest BCUT2D eigenvalue weighted by Gasteiger charge is -2.00. The minimum absolute atomic E-state index is 0.120. The summed E-state index contributed by atoms with van der Waals surface area (Å²) < 4.78 is 4.59. The fourth-order valence-corrected chi connectivity index (χ4v) is 2.29. The number of hydrogen-bond donors (Lipinski definition) is 0. The maximum Gasteiger partial charge on any atom is 0.305 e. The lowest BCUT2D eigenvalue weighted by Crippen LogP contribution is -1.97. The molecule has 0 aromatic heterocycles. The predicted molar refractivity (Wildman–Crippen MR) is 91.4 cm³/mol. The molecule has 0 saturated heterocycles. The van der Waals surface area contributed by atoms with Crippen molar-refractivity contribution in [2.45, 2.75) is 84.0 Å². The van der Waals surface area contributed by atoms with Crippen LogP contribution in [0.1, 0.15) is 84.0 Å². The van der Waals surface area contributed by atoms with E-state index >= 15 is 0 Å². The molecular weight excluding hydrogens is 260 g/mol. The second-order valence-electron chi connectivity index (χ2n) is 5.56. The second-order valence-corrected chi connectivity index (χ2v) is 5.56. The van der Waals surface area contributed by atoms with Gasteiger partial charge in [-0.05, 0) is 39.0 Å². The highest BCUT2D eigenvalue weighted by Crippen LogP contribution is 2.11. The van der Waals surface area contributed by atoms with E-state index in [9.17, 15) is 4.79 Å². The first-order valence-electron chi connectivity index (χ1n) is 8.64. The third-order valence-electron chi connectivity index (χ3n) is 3.64. The van der Waals surface area contributed by atoms with Gasteiger partial charge in [-0.3, -0.25) is 4.79 Å². The molecule has 0 unspecified atom stereocenters. The quantitative estimate of drug-likeness (QED) is 0.224. The molecule has 0 saturated carbocycles. The molecule has 0 bridgehead atoms. The number of allylic oxidation sites excluding steroid dienone is 4. The van der Waals surface area contributed by atoms with E-state index in [1.54, 1.807) is 0 Å². The van der Waals surface area contributed by atoms with Crippen LogP contribution in [0.4, 0.5) is 0 Å². The van der Waals surface area contributed by atoms with Gasteiger partial charge in [0.2, 0.25) is 0 Å². The van der Waals surface area contributed by atoms with Crippen LogP contribution in [-0.4, -0.2) is 13.1 Å². The SMILES string of the molecule is C/C=C/CCCCCCCCCC/C=C/CCC(=O)OC. The van der Waals surface area contributed by atoms with E-state index in [0.29, 0.717) is 6.42 Å². The number of carbonyl (C=O) groups is 1. The molecule has 0 spiro atoms. The van der Waals surface area contributed by atoms with Gasteiger partial charge in [0.25, 0.3) is 0 Å². The van der Waals surface area contributed by atoms with Crippen molar-refractivity contribution in [3.63, 3.8) is 0 Å². The average molecular weight is 294 g/mol. The monoisotopic (exact) mass is 294 g/mol. The number of hydrogen-bond acceptors (Lipinski definition) is 2. The minimum atomic E-state index is -0.120. The molecule has 0 aromatic carbocycles. The molecule has 0 N–H and O–H groups in total. The number of methoxy groups -OCH3 is 1. The van der Waals surface area contributed by atoms with E-state index in [1.807, 2.05) is 0 Å². The Morgan fingerprint density at radius 1 is 0.762 bits per heavy atom. The highest BCUT2D eigenvalue weighted by molar-refractivity contribution is 5.69. The maximum atomic E-state index is 10.9. The first-order chi connectivity index (χ1) is 10.3. The summed E-state index contributed by atoms with van der Waals surface area (Å²) in [5.41, 5.74) is 0. The second kappa shape index (κ2) is 17.0. The average Bonchev–Trinajstić information content (AvgIpc) is 2.50. The van der Waals surface area contributed by atoms with Gasteiger partial charge in [-0.15, -0.1) is 0 Å². The normalized spacial score (nSPS) is 11.5. The van der Waals surface area contributed by atoms with Crippen molar-refractivity contribution in [1.29, 1.82) is 0 Å². The molecule has 0 heterocycles. The molecule has 0 amide bonds. The van der Waals surface area contributed by atoms with Crippen LogP contribution in [0.2, 0.25) is 0 Å². The van der Waals surface area contributed by atoms with Gasteiger partial charge in [-0.25, -0.2) is 0 Å². The molecule has 21 heavy (non-hydrogen) atoms. The number of unbranched alkanes of at least 4 members (excludes halogenated alkanes) is 9. The topological polar surface area (TPSA) is 26.3 Å². The lowest BCUT2D eigenvalue weighted by atomic mass is 10.1. The summed E-state index contributed by atoms with van der Waals surface area (Å²) in [7, 11) is 1.44. The molecule has 0 radical (unpaired) electrons. The first kappa shape index (κ1) is 19.9. The molecule has 0 fully saturated rings. The van der Waals surface area contributed by atoms with Crippen LogP contribution >= 0.6 is 0 Å². The fraction of sp³-hybridized carbons (Fsp3) is 0.737. The Balaban J connectivity index is 3.11. The van der Waals surface area contributed by atoms with Gasteiger partial charge in [-0.1, -0.05) is 62.8 Å². The summed E-state index contributed by atoms with van der Waals surface area (Å²) in [4.78, 5) is 10.9. The zero-order valence-corrected chi connectivity index (χ0v) is 14.1. The third-order valence-corrected chi connectivity index (χ3v) is 3.64. The van der Waals surface area contributed by atoms with Gasteiger partial charge >= 0.3 is 5.97 Å². The predicted octanol–water partition coefficient (Wildman–Crippen LogP) is 5.97. The van der Waals surface area contributed by atoms with Crippen molar-refractivity contribution < 1.29 is 9.53 Å². The molecular formula is C19H34O2. The molecule has 0 aromatic rings. The van der Waals surface area contributed by atoms with Crippen LogP contribution in [0.25, 0.3) is 0 Å². The summed E-state index contributed by atoms with van der Waals surface area (Å²) in [6, 6.07) is 0. The highest BCUT2D eigenvalue weighted by atomic mass is 16.5. The summed E-state index contributed by atoms with van der Waals surface area (Å²) >= 11 is 0. The van der Waals surface area contributed by atoms with Crippen molar-refractivity contribution >= 4 is 5.97 Å². The van der Waals surface area contributed by atoms with Crippen molar-refractivity contribution in [3.8, 4) is 0 Å². The van der Waals surface area contributed by atoms with E-state index in [4.69, 9.17) is 0 Å². The highest BCUT2D eigenvalue weighted by Gasteiger charge is 1.95. The van der Waals surface area contributed by atoms with Crippen molar-refractivity contribution in [1.82, 2.24) is 0 Å². The third kappa shape index (κ3) is 16.9. The van der Waals surface area contributed by atoms with Gasteiger partial charge in [0, 0.05) is 6.42 Å². The zero-order valence-electron chi connectivity index (χ0n) is 14.1. The van der Waals surface area contributed by atoms with Crippen molar-refractivity contribution in [2.75, 3.05) is 7.11 Å². The number of carbonyl (C=O) groups excluding carboxylic acids is 1. The maximum absolute atomic E-state index is 10.9. The van der Waals surface area contributed by atoms with E-state index < -0.39 is 0 Å². The Morgan fingerprint density at radius 3 is 1.76 bits per heavy atom. The van der Waals surface area contributed by atoms with Crippen LogP contribution in [0.5, 0.6) is 0 Å². The number of ether oxygens (including phenoxy) is 1. The molecule has 0 aliphatic carbocycles. The molecule has 2 nitrogen and oxygen atoms in total. The minimum Gasteiger partial charge on any atom is -0.469 e. The lowest BCUT2D eigenvalue weighted by molar-refractivity contribution is -0.140. The molecule has 0 rings (SSSR count). The Labute approximate surface area is 131 Å². The summed E-state index contributed by atoms with van der Waals surface area (Å²) in [5, 5.41) is 0. The van der Waals surface area contributed by atoms with E-state index in [0.717, 1.165) is 12.8 Å². The fourth-order valence-electron chi connectivity index (χ4n) is 2.29. The molecule has 122 valence electrons. The summed E-state index contributed by atoms with van der Waals surface area (Å²) in [6.45, 7) is 2.09. The van der Waals surface area contributed by atoms with Crippen LogP contribution in [-0.2, 0) is 9.53 Å². The summed E-state index contributed by atoms with van der Waals surface area (Å²) in [6.07, 6.45) is 23.3.